The van der Waals surface area contributed by atoms with Crippen molar-refractivity contribution in [3.8, 4) is 0 Å². The lowest BCUT2D eigenvalue weighted by Gasteiger charge is -2.51. The molecule has 1 unspecified atom stereocenters. The third-order valence-corrected chi connectivity index (χ3v) is 7.25. The van der Waals surface area contributed by atoms with Gasteiger partial charge >= 0.3 is 0 Å². The molecule has 3 aliphatic carbocycles. The van der Waals surface area contributed by atoms with Crippen LogP contribution in [0.1, 0.15) is 28.2 Å². The molecule has 3 aromatic rings. The number of amides is 2. The minimum absolute atomic E-state index is 0.0398. The fourth-order valence-electron chi connectivity index (χ4n) is 6.12. The van der Waals surface area contributed by atoms with E-state index < -0.39 is 34.3 Å². The largest absolute Gasteiger partial charge is 0.595 e. The highest BCUT2D eigenvalue weighted by Gasteiger charge is 2.68. The van der Waals surface area contributed by atoms with E-state index in [0.29, 0.717) is 0 Å². The number of aldehydes is 1. The van der Waals surface area contributed by atoms with Crippen molar-refractivity contribution in [2.45, 2.75) is 11.3 Å². The van der Waals surface area contributed by atoms with Gasteiger partial charge in [-0.05, 0) is 28.3 Å². The van der Waals surface area contributed by atoms with Crippen molar-refractivity contribution in [1.29, 1.82) is 0 Å². The monoisotopic (exact) mass is 426 g/mol. The summed E-state index contributed by atoms with van der Waals surface area (Å²) in [6.45, 7) is 0. The molecule has 1 saturated heterocycles. The van der Waals surface area contributed by atoms with Crippen LogP contribution in [0.2, 0.25) is 0 Å². The third-order valence-electron chi connectivity index (χ3n) is 7.25. The van der Waals surface area contributed by atoms with Crippen LogP contribution in [0.15, 0.2) is 72.8 Å². The van der Waals surface area contributed by atoms with Crippen molar-refractivity contribution in [2.75, 3.05) is 4.90 Å². The Balaban J connectivity index is 1.64. The summed E-state index contributed by atoms with van der Waals surface area (Å²) >= 11 is 0. The first kappa shape index (κ1) is 19.1. The Kier molecular flexibility index (Phi) is 3.83. The van der Waals surface area contributed by atoms with Crippen LogP contribution in [0.4, 0.5) is 11.4 Å². The Labute approximate surface area is 183 Å². The van der Waals surface area contributed by atoms with Gasteiger partial charge in [-0.3, -0.25) is 9.59 Å². The molecule has 7 nitrogen and oxygen atoms in total. The zero-order valence-electron chi connectivity index (χ0n) is 16.8. The number of hydrogen-bond donors (Lipinski definition) is 2. The first-order valence-corrected chi connectivity index (χ1v) is 10.4. The Bertz CT molecular complexity index is 1270. The van der Waals surface area contributed by atoms with E-state index in [1.54, 1.807) is 12.1 Å². The van der Waals surface area contributed by atoms with Gasteiger partial charge in [0.15, 0.2) is 5.69 Å². The van der Waals surface area contributed by atoms with E-state index in [-0.39, 0.29) is 17.3 Å². The molecular weight excluding hydrogens is 408 g/mol. The average molecular weight is 426 g/mol. The number of benzene rings is 3. The van der Waals surface area contributed by atoms with Crippen LogP contribution in [0.25, 0.3) is 0 Å². The highest BCUT2D eigenvalue weighted by atomic mass is 16.8. The van der Waals surface area contributed by atoms with Gasteiger partial charge in [0.1, 0.15) is 12.0 Å². The maximum atomic E-state index is 13.9. The second-order valence-corrected chi connectivity index (χ2v) is 8.48. The zero-order chi connectivity index (χ0) is 22.2. The van der Waals surface area contributed by atoms with Gasteiger partial charge in [-0.2, -0.15) is 5.23 Å². The number of rotatable bonds is 3. The van der Waals surface area contributed by atoms with Gasteiger partial charge in [-0.1, -0.05) is 60.7 Å². The van der Waals surface area contributed by atoms with Crippen LogP contribution < -0.4 is 10.1 Å². The lowest BCUT2D eigenvalue weighted by molar-refractivity contribution is -0.990. The summed E-state index contributed by atoms with van der Waals surface area (Å²) in [6.07, 6.45) is 0.801. The summed E-state index contributed by atoms with van der Waals surface area (Å²) in [4.78, 5) is 41.5. The highest BCUT2D eigenvalue weighted by molar-refractivity contribution is 6.25. The molecule has 1 aliphatic heterocycles. The minimum Gasteiger partial charge on any atom is -0.595 e. The lowest BCUT2D eigenvalue weighted by atomic mass is 9.48. The molecule has 0 aromatic heterocycles. The van der Waals surface area contributed by atoms with Gasteiger partial charge in [0.25, 0.3) is 0 Å². The van der Waals surface area contributed by atoms with E-state index in [1.807, 2.05) is 48.5 Å². The summed E-state index contributed by atoms with van der Waals surface area (Å²) in [7, 11) is 0. The predicted octanol–water partition coefficient (Wildman–Crippen LogP) is 1.84. The van der Waals surface area contributed by atoms with Crippen molar-refractivity contribution >= 4 is 29.5 Å². The molecule has 7 heteroatoms. The van der Waals surface area contributed by atoms with Gasteiger partial charge < -0.3 is 10.0 Å². The van der Waals surface area contributed by atoms with E-state index in [1.165, 1.54) is 12.1 Å². The number of para-hydroxylation sites is 2. The summed E-state index contributed by atoms with van der Waals surface area (Å²) in [5.74, 6) is -3.08. The fourth-order valence-corrected chi connectivity index (χ4v) is 6.12. The van der Waals surface area contributed by atoms with Crippen molar-refractivity contribution in [2.24, 2.45) is 11.8 Å². The Morgan fingerprint density at radius 3 is 2.03 bits per heavy atom. The van der Waals surface area contributed by atoms with Crippen molar-refractivity contribution < 1.29 is 24.8 Å². The van der Waals surface area contributed by atoms with E-state index in [4.69, 9.17) is 0 Å². The Morgan fingerprint density at radius 1 is 0.875 bits per heavy atom. The van der Waals surface area contributed by atoms with Crippen LogP contribution >= 0.6 is 0 Å². The fraction of sp³-hybridized carbons (Fsp3) is 0.160. The maximum Gasteiger partial charge on any atom is 0.239 e. The van der Waals surface area contributed by atoms with Crippen LogP contribution in [0.5, 0.6) is 0 Å². The molecule has 32 heavy (non-hydrogen) atoms. The van der Waals surface area contributed by atoms with Gasteiger partial charge in [-0.15, -0.1) is 0 Å². The number of hydrogen-bond acceptors (Lipinski definition) is 5. The molecule has 0 saturated carbocycles. The Hall–Kier alpha value is -3.65. The van der Waals surface area contributed by atoms with Crippen molar-refractivity contribution in [3.63, 3.8) is 0 Å². The minimum atomic E-state index is -1.30. The van der Waals surface area contributed by atoms with E-state index in [0.717, 1.165) is 33.4 Å². The molecule has 2 N–H and O–H groups in total. The molecule has 7 rings (SSSR count). The molecule has 158 valence electrons. The molecule has 2 amide bonds. The number of nitrogens with zero attached hydrogens (tertiary/aromatic N) is 1. The molecule has 2 bridgehead atoms. The maximum absolute atomic E-state index is 13.9. The molecule has 1 heterocycles. The predicted molar refractivity (Wildman–Crippen MR) is 113 cm³/mol. The SMILES string of the molecule is O=CC12c3ccccc3C(c3ccccc31)[C@H]1C(=O)N(c3ccccc3[NH+]([O-])O)C(=O)[C@@H]12. The molecular formula is C25H18N2O5. The topological polar surface area (TPSA) is 102 Å². The third kappa shape index (κ3) is 2.07. The summed E-state index contributed by atoms with van der Waals surface area (Å²) in [5.41, 5.74) is 1.84. The molecule has 0 radical (unpaired) electrons. The quantitative estimate of drug-likeness (QED) is 0.378. The molecule has 3 atom stereocenters. The molecule has 3 aromatic carbocycles. The smallest absolute Gasteiger partial charge is 0.239 e. The number of anilines is 1. The lowest BCUT2D eigenvalue weighted by Crippen LogP contribution is -2.99. The van der Waals surface area contributed by atoms with E-state index >= 15 is 0 Å². The van der Waals surface area contributed by atoms with Gasteiger partial charge in [0.2, 0.25) is 11.8 Å². The molecule has 4 aliphatic rings. The Morgan fingerprint density at radius 2 is 1.44 bits per heavy atom. The van der Waals surface area contributed by atoms with E-state index in [2.05, 4.69) is 0 Å². The number of carbonyl (C=O) groups excluding carboxylic acids is 3. The zero-order valence-corrected chi connectivity index (χ0v) is 16.8. The highest BCUT2D eigenvalue weighted by Crippen LogP contribution is 2.63. The van der Waals surface area contributed by atoms with Crippen LogP contribution in [0, 0.1) is 17.0 Å². The number of carbonyl (C=O) groups is 3. The van der Waals surface area contributed by atoms with Crippen molar-refractivity contribution in [3.05, 3.63) is 100 Å². The normalized spacial score (nSPS) is 28.2. The summed E-state index contributed by atoms with van der Waals surface area (Å²) < 4.78 is 0. The van der Waals surface area contributed by atoms with Gasteiger partial charge in [-0.25, -0.2) is 10.1 Å². The van der Waals surface area contributed by atoms with Crippen molar-refractivity contribution in [1.82, 2.24) is 0 Å². The second kappa shape index (κ2) is 6.43. The summed E-state index contributed by atoms with van der Waals surface area (Å²) in [6, 6.07) is 20.9. The second-order valence-electron chi connectivity index (χ2n) is 8.48. The molecule has 1 fully saturated rings. The number of imide groups is 1. The van der Waals surface area contributed by atoms with Gasteiger partial charge in [0, 0.05) is 12.0 Å². The van der Waals surface area contributed by atoms with Crippen LogP contribution in [0.3, 0.4) is 0 Å². The molecule has 0 spiro atoms. The summed E-state index contributed by atoms with van der Waals surface area (Å²) in [5, 5.41) is 20.2. The average Bonchev–Trinajstić information content (AvgIpc) is 3.09. The number of nitrogens with one attached hydrogen (secondary N) is 1. The van der Waals surface area contributed by atoms with E-state index in [9.17, 15) is 24.8 Å². The standard InChI is InChI=1S/C25H18N2O5/c28-13-25-16-9-3-1-7-14(16)20(15-8-2-4-10-17(15)25)21-22(25)24(30)26(23(21)29)18-11-5-6-12-19(18)27(31)32/h1-13,20-22,27,31H/t20?,21-,22-,25?/m1/s1. The number of quaternary nitrogens is 1. The van der Waals surface area contributed by atoms with Gasteiger partial charge in [0.05, 0.1) is 17.3 Å². The van der Waals surface area contributed by atoms with Crippen LogP contribution in [-0.4, -0.2) is 23.3 Å². The first-order valence-electron chi connectivity index (χ1n) is 10.4. The first-order chi connectivity index (χ1) is 15.5. The van der Waals surface area contributed by atoms with Crippen LogP contribution in [-0.2, 0) is 19.8 Å².